The van der Waals surface area contributed by atoms with Crippen LogP contribution in [0, 0.1) is 11.6 Å². The van der Waals surface area contributed by atoms with E-state index in [1.54, 1.807) is 0 Å². The van der Waals surface area contributed by atoms with E-state index < -0.39 is 11.6 Å². The van der Waals surface area contributed by atoms with Crippen molar-refractivity contribution < 1.29 is 13.6 Å². The first-order valence-corrected chi connectivity index (χ1v) is 11.1. The minimum Gasteiger partial charge on any atom is -0.367 e. The molecule has 2 aromatic rings. The van der Waals surface area contributed by atoms with E-state index in [0.717, 1.165) is 18.9 Å². The average molecular weight is 442 g/mol. The number of guanidine groups is 1. The molecule has 0 saturated carbocycles. The fourth-order valence-electron chi connectivity index (χ4n) is 4.30. The molecule has 1 fully saturated rings. The van der Waals surface area contributed by atoms with Crippen LogP contribution in [0.25, 0.3) is 0 Å². The highest BCUT2D eigenvalue weighted by Gasteiger charge is 2.26. The first kappa shape index (κ1) is 22.0. The highest BCUT2D eigenvalue weighted by Crippen LogP contribution is 2.24. The summed E-state index contributed by atoms with van der Waals surface area (Å²) in [6.07, 6.45) is 1.65. The number of halogens is 2. The predicted octanol–water partition coefficient (Wildman–Crippen LogP) is 2.68. The molecule has 6 nitrogen and oxygen atoms in total. The van der Waals surface area contributed by atoms with Gasteiger partial charge in [-0.1, -0.05) is 24.3 Å². The normalized spacial score (nSPS) is 18.5. The van der Waals surface area contributed by atoms with E-state index in [1.165, 1.54) is 23.3 Å². The van der Waals surface area contributed by atoms with Gasteiger partial charge >= 0.3 is 0 Å². The highest BCUT2D eigenvalue weighted by molar-refractivity contribution is 5.85. The summed E-state index contributed by atoms with van der Waals surface area (Å²) in [5, 5.41) is 6.53. The van der Waals surface area contributed by atoms with E-state index >= 15 is 0 Å². The van der Waals surface area contributed by atoms with Crippen LogP contribution in [0.3, 0.4) is 0 Å². The van der Waals surface area contributed by atoms with Gasteiger partial charge in [0.1, 0.15) is 18.2 Å². The summed E-state index contributed by atoms with van der Waals surface area (Å²) in [6.45, 7) is 5.26. The highest BCUT2D eigenvalue weighted by atomic mass is 19.1. The lowest BCUT2D eigenvalue weighted by molar-refractivity contribution is -0.130. The fourth-order valence-corrected chi connectivity index (χ4v) is 4.30. The van der Waals surface area contributed by atoms with Crippen LogP contribution in [0.4, 0.5) is 14.5 Å². The predicted molar refractivity (Wildman–Crippen MR) is 122 cm³/mol. The zero-order chi connectivity index (χ0) is 22.5. The van der Waals surface area contributed by atoms with Gasteiger partial charge in [-0.2, -0.15) is 0 Å². The van der Waals surface area contributed by atoms with Crippen molar-refractivity contribution in [2.45, 2.75) is 32.4 Å². The summed E-state index contributed by atoms with van der Waals surface area (Å²) in [6, 6.07) is 11.9. The van der Waals surface area contributed by atoms with E-state index in [4.69, 9.17) is 0 Å². The molecule has 1 amide bonds. The Kier molecular flexibility index (Phi) is 6.87. The second-order valence-electron chi connectivity index (χ2n) is 8.20. The number of hydrogen-bond donors (Lipinski definition) is 2. The van der Waals surface area contributed by atoms with E-state index in [9.17, 15) is 13.6 Å². The van der Waals surface area contributed by atoms with E-state index in [1.807, 2.05) is 28.9 Å². The molecule has 2 aromatic carbocycles. The quantitative estimate of drug-likeness (QED) is 0.553. The van der Waals surface area contributed by atoms with Crippen LogP contribution in [0.5, 0.6) is 0 Å². The summed E-state index contributed by atoms with van der Waals surface area (Å²) in [5.41, 5.74) is 2.90. The Morgan fingerprint density at radius 3 is 2.75 bits per heavy atom. The van der Waals surface area contributed by atoms with E-state index in [0.29, 0.717) is 44.4 Å². The molecule has 170 valence electrons. The third-order valence-electron chi connectivity index (χ3n) is 5.98. The lowest BCUT2D eigenvalue weighted by Gasteiger charge is -2.28. The number of carbonyl (C=O) groups is 1. The van der Waals surface area contributed by atoms with Crippen LogP contribution in [-0.4, -0.2) is 55.5 Å². The second kappa shape index (κ2) is 9.97. The molecular weight excluding hydrogens is 412 g/mol. The molecule has 32 heavy (non-hydrogen) atoms. The van der Waals surface area contributed by atoms with Gasteiger partial charge in [-0.3, -0.25) is 4.79 Å². The van der Waals surface area contributed by atoms with Crippen molar-refractivity contribution in [2.24, 2.45) is 4.99 Å². The lowest BCUT2D eigenvalue weighted by Crippen LogP contribution is -2.45. The van der Waals surface area contributed by atoms with E-state index in [-0.39, 0.29) is 18.5 Å². The SMILES string of the molecule is CCNC(=NCC(=O)N1CCc2ccccc2C1)NC1CCN(c2ccc(F)cc2F)C1. The Labute approximate surface area is 187 Å². The molecule has 2 aliphatic heterocycles. The van der Waals surface area contributed by atoms with Gasteiger partial charge in [0.05, 0.1) is 5.69 Å². The Hall–Kier alpha value is -3.16. The van der Waals surface area contributed by atoms with Gasteiger partial charge in [-0.25, -0.2) is 13.8 Å². The molecule has 2 heterocycles. The van der Waals surface area contributed by atoms with Gasteiger partial charge in [0, 0.05) is 44.8 Å². The van der Waals surface area contributed by atoms with Crippen LogP contribution < -0.4 is 15.5 Å². The van der Waals surface area contributed by atoms with Crippen molar-refractivity contribution >= 4 is 17.6 Å². The number of carbonyl (C=O) groups excluding carboxylic acids is 1. The van der Waals surface area contributed by atoms with Crippen molar-refractivity contribution in [3.63, 3.8) is 0 Å². The lowest BCUT2D eigenvalue weighted by atomic mass is 10.00. The van der Waals surface area contributed by atoms with Gasteiger partial charge in [0.25, 0.3) is 0 Å². The maximum atomic E-state index is 14.1. The molecule has 0 aliphatic carbocycles. The summed E-state index contributed by atoms with van der Waals surface area (Å²) >= 11 is 0. The van der Waals surface area contributed by atoms with Gasteiger partial charge in [-0.05, 0) is 43.0 Å². The van der Waals surface area contributed by atoms with Crippen molar-refractivity contribution in [2.75, 3.05) is 37.6 Å². The van der Waals surface area contributed by atoms with Crippen molar-refractivity contribution in [3.05, 3.63) is 65.2 Å². The smallest absolute Gasteiger partial charge is 0.244 e. The first-order chi connectivity index (χ1) is 15.5. The molecule has 2 aliphatic rings. The van der Waals surface area contributed by atoms with Crippen molar-refractivity contribution in [3.8, 4) is 0 Å². The van der Waals surface area contributed by atoms with Crippen LogP contribution >= 0.6 is 0 Å². The number of anilines is 1. The molecular formula is C24H29F2N5O. The zero-order valence-corrected chi connectivity index (χ0v) is 18.3. The van der Waals surface area contributed by atoms with Gasteiger partial charge in [-0.15, -0.1) is 0 Å². The molecule has 8 heteroatoms. The fraction of sp³-hybridized carbons (Fsp3) is 0.417. The minimum atomic E-state index is -0.580. The Balaban J connectivity index is 1.34. The Bertz CT molecular complexity index is 996. The molecule has 2 N–H and O–H groups in total. The number of nitrogens with zero attached hydrogens (tertiary/aromatic N) is 3. The topological polar surface area (TPSA) is 60.0 Å². The average Bonchev–Trinajstić information content (AvgIpc) is 3.25. The number of fused-ring (bicyclic) bond motifs is 1. The Morgan fingerprint density at radius 1 is 1.16 bits per heavy atom. The second-order valence-corrected chi connectivity index (χ2v) is 8.20. The maximum Gasteiger partial charge on any atom is 0.244 e. The maximum absolute atomic E-state index is 14.1. The van der Waals surface area contributed by atoms with Crippen LogP contribution in [0.15, 0.2) is 47.5 Å². The van der Waals surface area contributed by atoms with E-state index in [2.05, 4.69) is 27.8 Å². The summed E-state index contributed by atoms with van der Waals surface area (Å²) in [5.74, 6) is -0.564. The standard InChI is InChI=1S/C24H29F2N5O/c1-2-27-24(28-14-23(32)31-11-9-17-5-3-4-6-18(17)15-31)29-20-10-12-30(16-20)22-8-7-19(25)13-21(22)26/h3-8,13,20H,2,9-12,14-16H2,1H3,(H2,27,28,29). The molecule has 1 unspecified atom stereocenters. The number of hydrogen-bond acceptors (Lipinski definition) is 3. The molecule has 0 aromatic heterocycles. The number of nitrogens with one attached hydrogen (secondary N) is 2. The third-order valence-corrected chi connectivity index (χ3v) is 5.98. The zero-order valence-electron chi connectivity index (χ0n) is 18.3. The summed E-state index contributed by atoms with van der Waals surface area (Å²) in [4.78, 5) is 21.0. The van der Waals surface area contributed by atoms with Crippen molar-refractivity contribution in [1.29, 1.82) is 0 Å². The van der Waals surface area contributed by atoms with Gasteiger partial charge < -0.3 is 20.4 Å². The summed E-state index contributed by atoms with van der Waals surface area (Å²) in [7, 11) is 0. The monoisotopic (exact) mass is 441 g/mol. The van der Waals surface area contributed by atoms with Crippen LogP contribution in [0.1, 0.15) is 24.5 Å². The number of aliphatic imine (C=N–C) groups is 1. The summed E-state index contributed by atoms with van der Waals surface area (Å²) < 4.78 is 27.3. The first-order valence-electron chi connectivity index (χ1n) is 11.1. The number of amides is 1. The Morgan fingerprint density at radius 2 is 1.97 bits per heavy atom. The largest absolute Gasteiger partial charge is 0.367 e. The third kappa shape index (κ3) is 5.18. The number of benzene rings is 2. The van der Waals surface area contributed by atoms with Crippen LogP contribution in [0.2, 0.25) is 0 Å². The van der Waals surface area contributed by atoms with Gasteiger partial charge in [0.15, 0.2) is 5.96 Å². The van der Waals surface area contributed by atoms with Crippen LogP contribution in [-0.2, 0) is 17.8 Å². The minimum absolute atomic E-state index is 0.00172. The molecule has 1 atom stereocenters. The molecule has 4 rings (SSSR count). The molecule has 0 spiro atoms. The molecule has 1 saturated heterocycles. The van der Waals surface area contributed by atoms with Crippen molar-refractivity contribution in [1.82, 2.24) is 15.5 Å². The molecule has 0 radical (unpaired) electrons. The molecule has 0 bridgehead atoms. The van der Waals surface area contributed by atoms with Gasteiger partial charge in [0.2, 0.25) is 5.91 Å². The number of rotatable bonds is 5.